The van der Waals surface area contributed by atoms with Crippen LogP contribution in [0.25, 0.3) is 11.2 Å². The van der Waals surface area contributed by atoms with Crippen LogP contribution in [0, 0.1) is 12.8 Å². The number of imidazole rings is 1. The molecule has 0 radical (unpaired) electrons. The summed E-state index contributed by atoms with van der Waals surface area (Å²) < 4.78 is 2.15. The highest BCUT2D eigenvalue weighted by Crippen LogP contribution is 2.30. The predicted octanol–water partition coefficient (Wildman–Crippen LogP) is 5.35. The smallest absolute Gasteiger partial charge is 0.255 e. The molecule has 1 aromatic carbocycles. The third kappa shape index (κ3) is 4.89. The molecule has 34 heavy (non-hydrogen) atoms. The van der Waals surface area contributed by atoms with Crippen molar-refractivity contribution in [2.75, 3.05) is 23.3 Å². The minimum absolute atomic E-state index is 0.188. The Balaban J connectivity index is 1.23. The number of benzene rings is 1. The van der Waals surface area contributed by atoms with Crippen LogP contribution in [0.5, 0.6) is 0 Å². The van der Waals surface area contributed by atoms with E-state index in [-0.39, 0.29) is 5.91 Å². The van der Waals surface area contributed by atoms with Crippen molar-refractivity contribution in [3.63, 3.8) is 0 Å². The van der Waals surface area contributed by atoms with Crippen molar-refractivity contribution in [2.24, 2.45) is 5.92 Å². The van der Waals surface area contributed by atoms with Gasteiger partial charge < -0.3 is 14.8 Å². The summed E-state index contributed by atoms with van der Waals surface area (Å²) in [6.45, 7) is 4.71. The van der Waals surface area contributed by atoms with Gasteiger partial charge in [-0.2, -0.15) is 0 Å². The van der Waals surface area contributed by atoms with Gasteiger partial charge in [-0.05, 0) is 74.1 Å². The Kier molecular flexibility index (Phi) is 6.45. The number of aromatic nitrogens is 4. The normalized spacial score (nSPS) is 14.5. The Bertz CT molecular complexity index is 1310. The second-order valence-electron chi connectivity index (χ2n) is 8.85. The summed E-state index contributed by atoms with van der Waals surface area (Å²) in [6.07, 6.45) is 8.81. The molecule has 0 saturated carbocycles. The summed E-state index contributed by atoms with van der Waals surface area (Å²) in [6, 6.07) is 12.9. The molecule has 8 heteroatoms. The van der Waals surface area contributed by atoms with Crippen LogP contribution in [0.4, 0.5) is 11.5 Å². The van der Waals surface area contributed by atoms with E-state index in [9.17, 15) is 4.79 Å². The fourth-order valence-electron chi connectivity index (χ4n) is 4.55. The molecular weight excluding hydrogens is 448 g/mol. The molecule has 1 fully saturated rings. The highest BCUT2D eigenvalue weighted by atomic mass is 35.5. The van der Waals surface area contributed by atoms with E-state index in [1.54, 1.807) is 24.3 Å². The van der Waals surface area contributed by atoms with Crippen LogP contribution in [-0.2, 0) is 6.54 Å². The van der Waals surface area contributed by atoms with E-state index in [0.717, 1.165) is 67.1 Å². The van der Waals surface area contributed by atoms with Crippen molar-refractivity contribution >= 4 is 40.2 Å². The molecule has 174 valence electrons. The fraction of sp³-hybridized carbons (Fsp3) is 0.308. The number of hydrogen-bond donors (Lipinski definition) is 1. The number of carbonyl (C=O) groups is 1. The summed E-state index contributed by atoms with van der Waals surface area (Å²) >= 11 is 6.06. The molecule has 7 nitrogen and oxygen atoms in total. The van der Waals surface area contributed by atoms with Crippen LogP contribution in [0.15, 0.2) is 61.2 Å². The molecule has 1 amide bonds. The van der Waals surface area contributed by atoms with Gasteiger partial charge in [-0.25, -0.2) is 15.0 Å². The number of carbonyl (C=O) groups excluding carboxylic acids is 1. The quantitative estimate of drug-likeness (QED) is 0.408. The standard InChI is InChI=1S/C26H27ClN6O/c1-18-14-23(31-26(34)20-4-2-5-21(27)15-20)25(29-16-18)32-11-7-19(8-12-32)9-13-33-17-30-22-6-3-10-28-24(22)33/h2-6,10,14-17,19H,7-9,11-13H2,1H3,(H,31,34). The molecule has 4 heterocycles. The van der Waals surface area contributed by atoms with Gasteiger partial charge in [-0.1, -0.05) is 17.7 Å². The van der Waals surface area contributed by atoms with Gasteiger partial charge in [0.1, 0.15) is 5.52 Å². The number of aryl methyl sites for hydroxylation is 2. The number of pyridine rings is 2. The van der Waals surface area contributed by atoms with Crippen LogP contribution >= 0.6 is 11.6 Å². The topological polar surface area (TPSA) is 75.9 Å². The largest absolute Gasteiger partial charge is 0.355 e. The van der Waals surface area contributed by atoms with Crippen molar-refractivity contribution in [3.05, 3.63) is 77.3 Å². The molecule has 1 aliphatic heterocycles. The van der Waals surface area contributed by atoms with Gasteiger partial charge >= 0.3 is 0 Å². The zero-order valence-electron chi connectivity index (χ0n) is 19.1. The monoisotopic (exact) mass is 474 g/mol. The zero-order chi connectivity index (χ0) is 23.5. The van der Waals surface area contributed by atoms with Crippen molar-refractivity contribution in [3.8, 4) is 0 Å². The minimum atomic E-state index is -0.188. The van der Waals surface area contributed by atoms with Gasteiger partial charge in [0, 0.05) is 42.6 Å². The molecule has 0 unspecified atom stereocenters. The first-order chi connectivity index (χ1) is 16.6. The number of nitrogens with one attached hydrogen (secondary N) is 1. The number of fused-ring (bicyclic) bond motifs is 1. The van der Waals surface area contributed by atoms with Crippen molar-refractivity contribution < 1.29 is 4.79 Å². The molecule has 0 bridgehead atoms. The summed E-state index contributed by atoms with van der Waals surface area (Å²) in [7, 11) is 0. The average Bonchev–Trinajstić information content (AvgIpc) is 3.26. The maximum Gasteiger partial charge on any atom is 0.255 e. The van der Waals surface area contributed by atoms with Gasteiger partial charge in [-0.15, -0.1) is 0 Å². The van der Waals surface area contributed by atoms with Crippen molar-refractivity contribution in [2.45, 2.75) is 32.7 Å². The molecule has 3 aromatic heterocycles. The lowest BCUT2D eigenvalue weighted by molar-refractivity contribution is 0.102. The first kappa shape index (κ1) is 22.3. The second kappa shape index (κ2) is 9.81. The first-order valence-corrected chi connectivity index (χ1v) is 12.0. The zero-order valence-corrected chi connectivity index (χ0v) is 19.9. The molecular formula is C26H27ClN6O. The number of nitrogens with zero attached hydrogens (tertiary/aromatic N) is 5. The molecule has 4 aromatic rings. The second-order valence-corrected chi connectivity index (χ2v) is 9.29. The van der Waals surface area contributed by atoms with Crippen LogP contribution in [0.3, 0.4) is 0 Å². The summed E-state index contributed by atoms with van der Waals surface area (Å²) in [4.78, 5) is 28.7. The third-order valence-corrected chi connectivity index (χ3v) is 6.64. The highest BCUT2D eigenvalue weighted by molar-refractivity contribution is 6.31. The molecule has 1 saturated heterocycles. The number of amides is 1. The maximum absolute atomic E-state index is 12.8. The SMILES string of the molecule is Cc1cnc(N2CCC(CCn3cnc4cccnc43)CC2)c(NC(=O)c2cccc(Cl)c2)c1. The fourth-order valence-corrected chi connectivity index (χ4v) is 4.74. The highest BCUT2D eigenvalue weighted by Gasteiger charge is 2.23. The van der Waals surface area contributed by atoms with Gasteiger partial charge in [0.05, 0.1) is 12.0 Å². The average molecular weight is 475 g/mol. The van der Waals surface area contributed by atoms with Crippen LogP contribution in [-0.4, -0.2) is 38.5 Å². The minimum Gasteiger partial charge on any atom is -0.355 e. The van der Waals surface area contributed by atoms with Crippen molar-refractivity contribution in [1.82, 2.24) is 19.5 Å². The Hall–Kier alpha value is -3.45. The van der Waals surface area contributed by atoms with Crippen LogP contribution in [0.2, 0.25) is 5.02 Å². The first-order valence-electron chi connectivity index (χ1n) is 11.6. The number of hydrogen-bond acceptors (Lipinski definition) is 5. The molecule has 0 spiro atoms. The summed E-state index contributed by atoms with van der Waals surface area (Å²) in [5.74, 6) is 1.27. The lowest BCUT2D eigenvalue weighted by Gasteiger charge is -2.34. The van der Waals surface area contributed by atoms with Gasteiger partial charge in [-0.3, -0.25) is 4.79 Å². The summed E-state index contributed by atoms with van der Waals surface area (Å²) in [5, 5.41) is 3.58. The summed E-state index contributed by atoms with van der Waals surface area (Å²) in [5.41, 5.74) is 4.15. The molecule has 1 aliphatic rings. The number of halogens is 1. The Morgan fingerprint density at radius 3 is 2.79 bits per heavy atom. The maximum atomic E-state index is 12.8. The molecule has 5 rings (SSSR count). The van der Waals surface area contributed by atoms with E-state index in [1.165, 1.54) is 0 Å². The van der Waals surface area contributed by atoms with Gasteiger partial charge in [0.15, 0.2) is 11.5 Å². The lowest BCUT2D eigenvalue weighted by atomic mass is 9.93. The molecule has 0 atom stereocenters. The van der Waals surface area contributed by atoms with Gasteiger partial charge in [0.2, 0.25) is 0 Å². The van der Waals surface area contributed by atoms with E-state index < -0.39 is 0 Å². The van der Waals surface area contributed by atoms with Crippen LogP contribution in [0.1, 0.15) is 35.2 Å². The third-order valence-electron chi connectivity index (χ3n) is 6.41. The van der Waals surface area contributed by atoms with Gasteiger partial charge in [0.25, 0.3) is 5.91 Å². The molecule has 0 aliphatic carbocycles. The lowest BCUT2D eigenvalue weighted by Crippen LogP contribution is -2.35. The van der Waals surface area contributed by atoms with Crippen LogP contribution < -0.4 is 10.2 Å². The van der Waals surface area contributed by atoms with E-state index in [0.29, 0.717) is 16.5 Å². The van der Waals surface area contributed by atoms with Crippen molar-refractivity contribution in [1.29, 1.82) is 0 Å². The Morgan fingerprint density at radius 1 is 1.12 bits per heavy atom. The predicted molar refractivity (Wildman–Crippen MR) is 135 cm³/mol. The number of anilines is 2. The van der Waals surface area contributed by atoms with E-state index in [4.69, 9.17) is 11.6 Å². The molecule has 1 N–H and O–H groups in total. The van der Waals surface area contributed by atoms with E-state index in [2.05, 4.69) is 29.7 Å². The van der Waals surface area contributed by atoms with E-state index >= 15 is 0 Å². The van der Waals surface area contributed by atoms with E-state index in [1.807, 2.05) is 43.8 Å². The Labute approximate surface area is 203 Å². The number of rotatable bonds is 6. The number of piperidine rings is 1. The Morgan fingerprint density at radius 2 is 1.97 bits per heavy atom.